The van der Waals surface area contributed by atoms with Crippen molar-refractivity contribution >= 4 is 27.2 Å². The van der Waals surface area contributed by atoms with Gasteiger partial charge >= 0.3 is 10.4 Å². The fraction of sp³-hybridized carbons (Fsp3) is 0.500. The molecule has 152 valence electrons. The first-order chi connectivity index (χ1) is 12.6. The normalized spacial score (nSPS) is 29.5. The number of hydrogen-bond donors (Lipinski definition) is 6. The van der Waals surface area contributed by atoms with E-state index in [-0.39, 0.29) is 17.2 Å². The van der Waals surface area contributed by atoms with Crippen LogP contribution in [0, 0.1) is 0 Å². The van der Waals surface area contributed by atoms with Gasteiger partial charge in [0, 0.05) is 6.42 Å². The summed E-state index contributed by atoms with van der Waals surface area (Å²) >= 11 is 0.671. The van der Waals surface area contributed by atoms with Crippen LogP contribution in [0.3, 0.4) is 0 Å². The summed E-state index contributed by atoms with van der Waals surface area (Å²) in [5.74, 6) is 0.00742. The van der Waals surface area contributed by atoms with Crippen molar-refractivity contribution in [1.82, 2.24) is 0 Å². The van der Waals surface area contributed by atoms with Gasteiger partial charge in [-0.15, -0.1) is 0 Å². The van der Waals surface area contributed by atoms with Crippen molar-refractivity contribution in [2.45, 2.75) is 36.3 Å². The first-order valence-corrected chi connectivity index (χ1v) is 9.83. The van der Waals surface area contributed by atoms with Crippen LogP contribution in [0.25, 0.3) is 0 Å². The summed E-state index contributed by atoms with van der Waals surface area (Å²) in [5, 5.41) is 51.4. The van der Waals surface area contributed by atoms with Gasteiger partial charge in [0.25, 0.3) is 0 Å². The number of phenolic OH excluding ortho intramolecular Hbond substituents is 1. The van der Waals surface area contributed by atoms with Crippen molar-refractivity contribution in [3.05, 3.63) is 29.8 Å². The number of oxime groups is 1. The van der Waals surface area contributed by atoms with Crippen LogP contribution in [-0.2, 0) is 25.8 Å². The molecule has 0 aromatic heterocycles. The molecule has 0 aliphatic carbocycles. The second kappa shape index (κ2) is 9.16. The number of aliphatic hydroxyl groups excluding tert-OH is 4. The van der Waals surface area contributed by atoms with Crippen molar-refractivity contribution in [2.75, 3.05) is 6.61 Å². The van der Waals surface area contributed by atoms with Crippen LogP contribution in [0.4, 0.5) is 0 Å². The van der Waals surface area contributed by atoms with Gasteiger partial charge in [0.1, 0.15) is 40.6 Å². The molecule has 1 aromatic carbocycles. The van der Waals surface area contributed by atoms with Gasteiger partial charge in [-0.25, -0.2) is 4.28 Å². The fourth-order valence-corrected chi connectivity index (χ4v) is 3.60. The van der Waals surface area contributed by atoms with Gasteiger partial charge < -0.3 is 30.3 Å². The Morgan fingerprint density at radius 1 is 1.15 bits per heavy atom. The smallest absolute Gasteiger partial charge is 0.466 e. The van der Waals surface area contributed by atoms with E-state index in [1.54, 1.807) is 0 Å². The summed E-state index contributed by atoms with van der Waals surface area (Å²) in [4.78, 5) is 0. The van der Waals surface area contributed by atoms with Gasteiger partial charge in [0.2, 0.25) is 0 Å². The molecule has 1 saturated heterocycles. The van der Waals surface area contributed by atoms with Gasteiger partial charge in [-0.1, -0.05) is 29.1 Å². The molecule has 0 radical (unpaired) electrons. The second-order valence-corrected chi connectivity index (χ2v) is 7.82. The average Bonchev–Trinajstić information content (AvgIpc) is 2.61. The van der Waals surface area contributed by atoms with E-state index in [4.69, 9.17) is 9.29 Å². The zero-order chi connectivity index (χ0) is 20.2. The van der Waals surface area contributed by atoms with Crippen molar-refractivity contribution in [3.8, 4) is 5.75 Å². The molecular formula is C14H19NO10S2. The van der Waals surface area contributed by atoms with Crippen molar-refractivity contribution in [3.63, 3.8) is 0 Å². The number of aromatic hydroxyl groups is 1. The van der Waals surface area contributed by atoms with Crippen LogP contribution in [0.15, 0.2) is 29.4 Å². The standard InChI is InChI=1S/C14H19NO10S2/c16-6-9-11(18)12(19)13(20)14(24-9)26-10(15-25-27(21,22)23)5-7-1-3-8(17)4-2-7/h1-4,9,11-14,16-20H,5-6H2,(H,21,22,23)/b15-10-/t9-,11-,12+,13-,14+/m1/s1. The van der Waals surface area contributed by atoms with Gasteiger partial charge in [0.05, 0.1) is 6.61 Å². The molecule has 0 spiro atoms. The quantitative estimate of drug-likeness (QED) is 0.136. The van der Waals surface area contributed by atoms with E-state index in [0.29, 0.717) is 17.3 Å². The molecule has 0 bridgehead atoms. The minimum atomic E-state index is -4.88. The Labute approximate surface area is 158 Å². The summed E-state index contributed by atoms with van der Waals surface area (Å²) in [7, 11) is -4.88. The number of rotatable bonds is 6. The zero-order valence-electron chi connectivity index (χ0n) is 13.7. The number of phenols is 1. The Morgan fingerprint density at radius 2 is 1.78 bits per heavy atom. The maximum atomic E-state index is 10.8. The lowest BCUT2D eigenvalue weighted by Gasteiger charge is -2.39. The third kappa shape index (κ3) is 6.29. The molecule has 1 fully saturated rings. The average molecular weight is 425 g/mol. The monoisotopic (exact) mass is 425 g/mol. The predicted octanol–water partition coefficient (Wildman–Crippen LogP) is -1.40. The van der Waals surface area contributed by atoms with Gasteiger partial charge in [-0.3, -0.25) is 4.55 Å². The first-order valence-electron chi connectivity index (χ1n) is 7.58. The molecule has 1 aliphatic rings. The number of nitrogens with zero attached hydrogens (tertiary/aromatic N) is 1. The third-order valence-electron chi connectivity index (χ3n) is 3.63. The second-order valence-electron chi connectivity index (χ2n) is 5.65. The van der Waals surface area contributed by atoms with E-state index in [2.05, 4.69) is 9.44 Å². The van der Waals surface area contributed by atoms with E-state index < -0.39 is 46.9 Å². The highest BCUT2D eigenvalue weighted by Crippen LogP contribution is 2.30. The van der Waals surface area contributed by atoms with Gasteiger partial charge in [-0.2, -0.15) is 8.42 Å². The van der Waals surface area contributed by atoms with Crippen LogP contribution in [-0.4, -0.2) is 80.0 Å². The summed E-state index contributed by atoms with van der Waals surface area (Å²) in [6.45, 7) is -0.631. The van der Waals surface area contributed by atoms with Crippen LogP contribution in [0.1, 0.15) is 5.56 Å². The van der Waals surface area contributed by atoms with Crippen LogP contribution < -0.4 is 0 Å². The van der Waals surface area contributed by atoms with Gasteiger partial charge in [0.15, 0.2) is 0 Å². The van der Waals surface area contributed by atoms with Crippen molar-refractivity contribution in [2.24, 2.45) is 5.16 Å². The summed E-state index contributed by atoms with van der Waals surface area (Å²) in [6, 6.07) is 5.81. The van der Waals surface area contributed by atoms with E-state index in [1.807, 2.05) is 0 Å². The molecule has 13 heteroatoms. The molecule has 1 aromatic rings. The van der Waals surface area contributed by atoms with Crippen molar-refractivity contribution < 1.29 is 47.5 Å². The highest BCUT2D eigenvalue weighted by molar-refractivity contribution is 8.14. The van der Waals surface area contributed by atoms with Crippen molar-refractivity contribution in [1.29, 1.82) is 0 Å². The fourth-order valence-electron chi connectivity index (χ4n) is 2.27. The van der Waals surface area contributed by atoms with E-state index >= 15 is 0 Å². The van der Waals surface area contributed by atoms with E-state index in [1.165, 1.54) is 24.3 Å². The van der Waals surface area contributed by atoms with E-state index in [9.17, 15) is 34.0 Å². The molecule has 0 amide bonds. The van der Waals surface area contributed by atoms with E-state index in [0.717, 1.165) is 0 Å². The van der Waals surface area contributed by atoms with Crippen LogP contribution in [0.2, 0.25) is 0 Å². The zero-order valence-corrected chi connectivity index (χ0v) is 15.3. The number of thioether (sulfide) groups is 1. The molecule has 5 atom stereocenters. The Bertz CT molecular complexity index is 752. The minimum absolute atomic E-state index is 0.00742. The lowest BCUT2D eigenvalue weighted by Crippen LogP contribution is -2.57. The summed E-state index contributed by atoms with van der Waals surface area (Å²) in [5.41, 5.74) is -0.649. The molecule has 27 heavy (non-hydrogen) atoms. The Kier molecular flexibility index (Phi) is 7.41. The Balaban J connectivity index is 2.20. The highest BCUT2D eigenvalue weighted by Gasteiger charge is 2.44. The maximum Gasteiger partial charge on any atom is 0.466 e. The predicted molar refractivity (Wildman–Crippen MR) is 93.2 cm³/mol. The number of benzene rings is 1. The Morgan fingerprint density at radius 3 is 2.33 bits per heavy atom. The molecule has 0 unspecified atom stereocenters. The molecule has 1 aliphatic heterocycles. The molecular weight excluding hydrogens is 406 g/mol. The topological polar surface area (TPSA) is 186 Å². The first kappa shape index (κ1) is 21.8. The lowest BCUT2D eigenvalue weighted by atomic mass is 10.0. The van der Waals surface area contributed by atoms with Crippen LogP contribution in [0.5, 0.6) is 5.75 Å². The molecule has 11 nitrogen and oxygen atoms in total. The maximum absolute atomic E-state index is 10.8. The SMILES string of the molecule is O=S(=O)(O)O/N=C(/Cc1ccc(O)cc1)S[C@@H]1O[C@H](CO)[C@@H](O)[C@H](O)[C@H]1O. The number of hydrogen-bond acceptors (Lipinski definition) is 11. The number of aliphatic hydroxyl groups is 4. The summed E-state index contributed by atoms with van der Waals surface area (Å²) in [6.07, 6.45) is -5.93. The summed E-state index contributed by atoms with van der Waals surface area (Å²) < 4.78 is 39.6. The molecule has 6 N–H and O–H groups in total. The largest absolute Gasteiger partial charge is 0.508 e. The number of ether oxygens (including phenoxy) is 1. The lowest BCUT2D eigenvalue weighted by molar-refractivity contribution is -0.205. The molecule has 1 heterocycles. The van der Waals surface area contributed by atoms with Gasteiger partial charge in [-0.05, 0) is 17.7 Å². The highest BCUT2D eigenvalue weighted by atomic mass is 32.3. The Hall–Kier alpha value is -1.45. The minimum Gasteiger partial charge on any atom is -0.508 e. The molecule has 0 saturated carbocycles. The van der Waals surface area contributed by atoms with Crippen LogP contribution >= 0.6 is 11.8 Å². The third-order valence-corrected chi connectivity index (χ3v) is 5.00. The molecule has 2 rings (SSSR count).